The van der Waals surface area contributed by atoms with E-state index in [1.54, 1.807) is 24.1 Å². The molecule has 0 spiro atoms. The number of hydrogen-bond donors (Lipinski definition) is 1. The lowest BCUT2D eigenvalue weighted by Gasteiger charge is -2.20. The van der Waals surface area contributed by atoms with Gasteiger partial charge in [0.1, 0.15) is 0 Å². The summed E-state index contributed by atoms with van der Waals surface area (Å²) in [6.45, 7) is 0. The van der Waals surface area contributed by atoms with Gasteiger partial charge in [0.05, 0.1) is 11.1 Å². The second kappa shape index (κ2) is 5.47. The summed E-state index contributed by atoms with van der Waals surface area (Å²) in [5.41, 5.74) is 0.700. The number of carboxylic acids is 1. The Labute approximate surface area is 119 Å². The number of carbonyl (C=O) groups is 1. The predicted octanol–water partition coefficient (Wildman–Crippen LogP) is 4.17. The highest BCUT2D eigenvalue weighted by Crippen LogP contribution is 2.31. The monoisotopic (exact) mass is 295 g/mol. The number of halogens is 3. The molecule has 0 aromatic heterocycles. The van der Waals surface area contributed by atoms with Crippen LogP contribution in [0.4, 0.5) is 24.5 Å². The van der Waals surface area contributed by atoms with Gasteiger partial charge in [0.2, 0.25) is 0 Å². The number of alkyl halides is 3. The summed E-state index contributed by atoms with van der Waals surface area (Å²) >= 11 is 0. The van der Waals surface area contributed by atoms with Crippen LogP contribution in [0.15, 0.2) is 48.5 Å². The molecule has 0 heterocycles. The molecule has 1 N–H and O–H groups in total. The van der Waals surface area contributed by atoms with Crippen LogP contribution in [0.25, 0.3) is 0 Å². The van der Waals surface area contributed by atoms with Gasteiger partial charge in [0, 0.05) is 18.4 Å². The van der Waals surface area contributed by atoms with E-state index in [0.29, 0.717) is 11.4 Å². The van der Waals surface area contributed by atoms with Gasteiger partial charge < -0.3 is 10.0 Å². The molecule has 110 valence electrons. The third kappa shape index (κ3) is 3.34. The summed E-state index contributed by atoms with van der Waals surface area (Å²) in [4.78, 5) is 12.4. The first-order chi connectivity index (χ1) is 9.79. The SMILES string of the molecule is CN(c1ccc(C(=O)O)cc1)c1ccc(C(F)(F)F)cc1. The van der Waals surface area contributed by atoms with Gasteiger partial charge in [-0.1, -0.05) is 0 Å². The fourth-order valence-electron chi connectivity index (χ4n) is 1.85. The number of benzene rings is 2. The van der Waals surface area contributed by atoms with E-state index in [2.05, 4.69) is 0 Å². The van der Waals surface area contributed by atoms with Crippen molar-refractivity contribution in [3.05, 3.63) is 59.7 Å². The third-order valence-corrected chi connectivity index (χ3v) is 3.08. The maximum absolute atomic E-state index is 12.5. The molecule has 0 unspecified atom stereocenters. The lowest BCUT2D eigenvalue weighted by Crippen LogP contribution is -2.11. The zero-order valence-corrected chi connectivity index (χ0v) is 11.1. The molecule has 0 saturated heterocycles. The van der Waals surface area contributed by atoms with Gasteiger partial charge in [-0.2, -0.15) is 13.2 Å². The maximum atomic E-state index is 12.5. The minimum absolute atomic E-state index is 0.152. The van der Waals surface area contributed by atoms with Crippen LogP contribution >= 0.6 is 0 Å². The highest BCUT2D eigenvalue weighted by molar-refractivity contribution is 5.88. The van der Waals surface area contributed by atoms with Crippen LogP contribution in [0.1, 0.15) is 15.9 Å². The van der Waals surface area contributed by atoms with Crippen LogP contribution in [0, 0.1) is 0 Å². The van der Waals surface area contributed by atoms with Gasteiger partial charge in [-0.15, -0.1) is 0 Å². The topological polar surface area (TPSA) is 40.5 Å². The number of hydrogen-bond acceptors (Lipinski definition) is 2. The van der Waals surface area contributed by atoms with E-state index in [0.717, 1.165) is 12.1 Å². The van der Waals surface area contributed by atoms with Crippen molar-refractivity contribution in [1.82, 2.24) is 0 Å². The minimum atomic E-state index is -4.36. The number of aromatic carboxylic acids is 1. The maximum Gasteiger partial charge on any atom is 0.416 e. The second-order valence-electron chi connectivity index (χ2n) is 4.46. The fourth-order valence-corrected chi connectivity index (χ4v) is 1.85. The molecule has 2 aromatic carbocycles. The summed E-state index contributed by atoms with van der Waals surface area (Å²) in [5.74, 6) is -1.03. The quantitative estimate of drug-likeness (QED) is 0.923. The molecular formula is C15H12F3NO2. The van der Waals surface area contributed by atoms with E-state index < -0.39 is 17.7 Å². The van der Waals surface area contributed by atoms with Gasteiger partial charge in [-0.3, -0.25) is 0 Å². The van der Waals surface area contributed by atoms with E-state index >= 15 is 0 Å². The summed E-state index contributed by atoms with van der Waals surface area (Å²) in [6, 6.07) is 10.8. The molecule has 0 aliphatic heterocycles. The molecule has 21 heavy (non-hydrogen) atoms. The standard InChI is InChI=1S/C15H12F3NO2/c1-19(12-6-2-10(3-7-12)14(20)21)13-8-4-11(5-9-13)15(16,17)18/h2-9H,1H3,(H,20,21). The lowest BCUT2D eigenvalue weighted by molar-refractivity contribution is -0.137. The number of nitrogens with zero attached hydrogens (tertiary/aromatic N) is 1. The normalized spacial score (nSPS) is 11.2. The minimum Gasteiger partial charge on any atom is -0.478 e. The Hall–Kier alpha value is -2.50. The smallest absolute Gasteiger partial charge is 0.416 e. The van der Waals surface area contributed by atoms with Crippen LogP contribution in [0.2, 0.25) is 0 Å². The number of carboxylic acid groups (broad SMARTS) is 1. The van der Waals surface area contributed by atoms with Gasteiger partial charge in [0.25, 0.3) is 0 Å². The van der Waals surface area contributed by atoms with Gasteiger partial charge in [-0.25, -0.2) is 4.79 Å². The molecule has 0 aliphatic carbocycles. The van der Waals surface area contributed by atoms with Gasteiger partial charge in [0.15, 0.2) is 0 Å². The molecule has 6 heteroatoms. The Morgan fingerprint density at radius 1 is 0.952 bits per heavy atom. The van der Waals surface area contributed by atoms with Gasteiger partial charge in [-0.05, 0) is 48.5 Å². The van der Waals surface area contributed by atoms with Crippen molar-refractivity contribution in [2.24, 2.45) is 0 Å². The first-order valence-corrected chi connectivity index (χ1v) is 6.03. The summed E-state index contributed by atoms with van der Waals surface area (Å²) in [7, 11) is 1.69. The average Bonchev–Trinajstić information content (AvgIpc) is 2.46. The Kier molecular flexibility index (Phi) is 3.88. The van der Waals surface area contributed by atoms with E-state index in [9.17, 15) is 18.0 Å². The van der Waals surface area contributed by atoms with Crippen molar-refractivity contribution in [1.29, 1.82) is 0 Å². The Morgan fingerprint density at radius 3 is 1.76 bits per heavy atom. The Morgan fingerprint density at radius 2 is 1.38 bits per heavy atom. The average molecular weight is 295 g/mol. The van der Waals surface area contributed by atoms with E-state index in [-0.39, 0.29) is 5.56 Å². The molecule has 0 atom stereocenters. The number of anilines is 2. The predicted molar refractivity (Wildman–Crippen MR) is 72.9 cm³/mol. The molecule has 0 saturated carbocycles. The van der Waals surface area contributed by atoms with E-state index in [1.165, 1.54) is 24.3 Å². The van der Waals surface area contributed by atoms with Crippen LogP contribution in [0.5, 0.6) is 0 Å². The molecule has 0 fully saturated rings. The van der Waals surface area contributed by atoms with Crippen molar-refractivity contribution in [3.63, 3.8) is 0 Å². The Balaban J connectivity index is 2.23. The first-order valence-electron chi connectivity index (χ1n) is 6.03. The molecule has 0 aliphatic rings. The van der Waals surface area contributed by atoms with Crippen molar-refractivity contribution < 1.29 is 23.1 Å². The number of rotatable bonds is 3. The summed E-state index contributed by atoms with van der Waals surface area (Å²) < 4.78 is 37.5. The van der Waals surface area contributed by atoms with Crippen LogP contribution < -0.4 is 4.90 Å². The first kappa shape index (κ1) is 14.9. The molecule has 2 rings (SSSR count). The van der Waals surface area contributed by atoms with E-state index in [1.807, 2.05) is 0 Å². The van der Waals surface area contributed by atoms with E-state index in [4.69, 9.17) is 5.11 Å². The molecule has 0 bridgehead atoms. The molecule has 3 nitrogen and oxygen atoms in total. The molecule has 2 aromatic rings. The molecular weight excluding hydrogens is 283 g/mol. The zero-order chi connectivity index (χ0) is 15.6. The summed E-state index contributed by atoms with van der Waals surface area (Å²) in [5, 5.41) is 8.82. The van der Waals surface area contributed by atoms with Crippen LogP contribution in [0.3, 0.4) is 0 Å². The summed E-state index contributed by atoms with van der Waals surface area (Å²) in [6.07, 6.45) is -4.36. The van der Waals surface area contributed by atoms with Crippen molar-refractivity contribution in [2.45, 2.75) is 6.18 Å². The third-order valence-electron chi connectivity index (χ3n) is 3.08. The fraction of sp³-hybridized carbons (Fsp3) is 0.133. The van der Waals surface area contributed by atoms with Crippen LogP contribution in [-0.2, 0) is 6.18 Å². The zero-order valence-electron chi connectivity index (χ0n) is 11.1. The largest absolute Gasteiger partial charge is 0.478 e. The van der Waals surface area contributed by atoms with Crippen molar-refractivity contribution in [3.8, 4) is 0 Å². The van der Waals surface area contributed by atoms with Crippen LogP contribution in [-0.4, -0.2) is 18.1 Å². The Bertz CT molecular complexity index is 633. The van der Waals surface area contributed by atoms with Crippen molar-refractivity contribution >= 4 is 17.3 Å². The molecule has 0 radical (unpaired) electrons. The van der Waals surface area contributed by atoms with Gasteiger partial charge >= 0.3 is 12.1 Å². The molecule has 0 amide bonds. The second-order valence-corrected chi connectivity index (χ2v) is 4.46. The highest BCUT2D eigenvalue weighted by Gasteiger charge is 2.30. The lowest BCUT2D eigenvalue weighted by atomic mass is 10.1. The highest BCUT2D eigenvalue weighted by atomic mass is 19.4. The van der Waals surface area contributed by atoms with Crippen molar-refractivity contribution in [2.75, 3.05) is 11.9 Å².